The Morgan fingerprint density at radius 3 is 2.55 bits per heavy atom. The van der Waals surface area contributed by atoms with E-state index in [1.54, 1.807) is 0 Å². The predicted octanol–water partition coefficient (Wildman–Crippen LogP) is 2.02. The number of carbonyl (C=O) groups is 1. The molecule has 0 aromatic heterocycles. The fourth-order valence-corrected chi connectivity index (χ4v) is 3.17. The van der Waals surface area contributed by atoms with Crippen molar-refractivity contribution >= 4 is 5.91 Å². The first kappa shape index (κ1) is 15.0. The Balaban J connectivity index is 2.12. The van der Waals surface area contributed by atoms with Gasteiger partial charge in [-0.15, -0.1) is 0 Å². The molecule has 1 saturated carbocycles. The Morgan fingerprint density at radius 2 is 2.00 bits per heavy atom. The van der Waals surface area contributed by atoms with Gasteiger partial charge in [-0.05, 0) is 24.9 Å². The first-order chi connectivity index (χ1) is 9.76. The van der Waals surface area contributed by atoms with Crippen molar-refractivity contribution in [3.63, 3.8) is 0 Å². The van der Waals surface area contributed by atoms with Crippen molar-refractivity contribution in [1.29, 1.82) is 0 Å². The lowest BCUT2D eigenvalue weighted by Gasteiger charge is -2.30. The second-order valence-electron chi connectivity index (χ2n) is 5.50. The molecule has 1 atom stereocenters. The molecule has 2 rings (SSSR count). The van der Waals surface area contributed by atoms with E-state index < -0.39 is 0 Å². The van der Waals surface area contributed by atoms with Crippen LogP contribution in [-0.4, -0.2) is 29.9 Å². The Kier molecular flexibility index (Phi) is 5.56. The Morgan fingerprint density at radius 1 is 1.35 bits per heavy atom. The van der Waals surface area contributed by atoms with Crippen molar-refractivity contribution in [2.75, 3.05) is 13.1 Å². The molecule has 3 N–H and O–H groups in total. The minimum absolute atomic E-state index is 0.104. The largest absolute Gasteiger partial charge is 0.300 e. The molecule has 1 aliphatic carbocycles. The van der Waals surface area contributed by atoms with Gasteiger partial charge in [-0.25, -0.2) is 5.84 Å². The lowest BCUT2D eigenvalue weighted by molar-refractivity contribution is -0.123. The van der Waals surface area contributed by atoms with E-state index in [9.17, 15) is 4.79 Å². The third kappa shape index (κ3) is 3.58. The Hall–Kier alpha value is -1.39. The first-order valence-corrected chi connectivity index (χ1v) is 7.55. The van der Waals surface area contributed by atoms with Gasteiger partial charge >= 0.3 is 0 Å². The molecule has 1 aromatic carbocycles. The van der Waals surface area contributed by atoms with E-state index in [1.165, 1.54) is 25.7 Å². The van der Waals surface area contributed by atoms with E-state index in [0.717, 1.165) is 18.7 Å². The predicted molar refractivity (Wildman–Crippen MR) is 81.0 cm³/mol. The standard InChI is InChI=1S/C16H25N3O/c1-2-19(14-10-6-7-11-14)12-15(16(20)18-17)13-8-4-3-5-9-13/h3-5,8-9,14-15H,2,6-7,10-12,17H2,1H3,(H,18,20). The van der Waals surface area contributed by atoms with Crippen molar-refractivity contribution in [2.24, 2.45) is 5.84 Å². The molecule has 0 heterocycles. The molecule has 1 amide bonds. The quantitative estimate of drug-likeness (QED) is 0.474. The summed E-state index contributed by atoms with van der Waals surface area (Å²) in [4.78, 5) is 14.5. The molecule has 20 heavy (non-hydrogen) atoms. The van der Waals surface area contributed by atoms with Gasteiger partial charge in [0.25, 0.3) is 0 Å². The lowest BCUT2D eigenvalue weighted by atomic mass is 9.97. The number of amides is 1. The SMILES string of the molecule is CCN(CC(C(=O)NN)c1ccccc1)C1CCCC1. The summed E-state index contributed by atoms with van der Waals surface area (Å²) in [5.74, 6) is 5.07. The third-order valence-corrected chi connectivity index (χ3v) is 4.33. The van der Waals surface area contributed by atoms with Gasteiger partial charge in [0.2, 0.25) is 5.91 Å². The van der Waals surface area contributed by atoms with Crippen LogP contribution in [0.1, 0.15) is 44.1 Å². The summed E-state index contributed by atoms with van der Waals surface area (Å²) in [6.07, 6.45) is 5.11. The van der Waals surface area contributed by atoms with E-state index in [1.807, 2.05) is 30.3 Å². The van der Waals surface area contributed by atoms with Crippen LogP contribution in [0.3, 0.4) is 0 Å². The number of benzene rings is 1. The molecule has 0 aliphatic heterocycles. The van der Waals surface area contributed by atoms with Gasteiger partial charge in [-0.3, -0.25) is 15.1 Å². The molecule has 1 aromatic rings. The minimum Gasteiger partial charge on any atom is -0.300 e. The summed E-state index contributed by atoms with van der Waals surface area (Å²) < 4.78 is 0. The zero-order valence-electron chi connectivity index (χ0n) is 12.2. The van der Waals surface area contributed by atoms with E-state index in [4.69, 9.17) is 5.84 Å². The van der Waals surface area contributed by atoms with Crippen molar-refractivity contribution in [2.45, 2.75) is 44.6 Å². The summed E-state index contributed by atoms with van der Waals surface area (Å²) in [7, 11) is 0. The molecule has 4 heteroatoms. The van der Waals surface area contributed by atoms with Crippen molar-refractivity contribution < 1.29 is 4.79 Å². The molecular formula is C16H25N3O. The topological polar surface area (TPSA) is 58.4 Å². The van der Waals surface area contributed by atoms with Crippen molar-refractivity contribution in [1.82, 2.24) is 10.3 Å². The number of rotatable bonds is 6. The second kappa shape index (κ2) is 7.41. The maximum atomic E-state index is 12.1. The molecule has 1 unspecified atom stereocenters. The first-order valence-electron chi connectivity index (χ1n) is 7.55. The van der Waals surface area contributed by atoms with Crippen LogP contribution in [0, 0.1) is 0 Å². The number of hydrazine groups is 1. The highest BCUT2D eigenvalue weighted by molar-refractivity contribution is 5.83. The van der Waals surface area contributed by atoms with Crippen LogP contribution in [-0.2, 0) is 4.79 Å². The lowest BCUT2D eigenvalue weighted by Crippen LogP contribution is -2.43. The highest BCUT2D eigenvalue weighted by Crippen LogP contribution is 2.26. The van der Waals surface area contributed by atoms with Crippen LogP contribution in [0.2, 0.25) is 0 Å². The van der Waals surface area contributed by atoms with Gasteiger partial charge in [0.1, 0.15) is 0 Å². The third-order valence-electron chi connectivity index (χ3n) is 4.33. The van der Waals surface area contributed by atoms with Crippen molar-refractivity contribution in [3.8, 4) is 0 Å². The number of carbonyl (C=O) groups excluding carboxylic acids is 1. The molecule has 0 radical (unpaired) electrons. The molecule has 4 nitrogen and oxygen atoms in total. The van der Waals surface area contributed by atoms with E-state index in [2.05, 4.69) is 17.2 Å². The summed E-state index contributed by atoms with van der Waals surface area (Å²) >= 11 is 0. The average molecular weight is 275 g/mol. The molecule has 0 bridgehead atoms. The molecular weight excluding hydrogens is 250 g/mol. The number of nitrogens with zero attached hydrogens (tertiary/aromatic N) is 1. The zero-order valence-corrected chi connectivity index (χ0v) is 12.2. The summed E-state index contributed by atoms with van der Waals surface area (Å²) in [6, 6.07) is 10.5. The van der Waals surface area contributed by atoms with Gasteiger partial charge in [-0.1, -0.05) is 50.1 Å². The minimum atomic E-state index is -0.193. The van der Waals surface area contributed by atoms with Gasteiger partial charge in [0, 0.05) is 12.6 Å². The second-order valence-corrected chi connectivity index (χ2v) is 5.50. The van der Waals surface area contributed by atoms with Crippen LogP contribution in [0.25, 0.3) is 0 Å². The fraction of sp³-hybridized carbons (Fsp3) is 0.562. The number of likely N-dealkylation sites (N-methyl/N-ethyl adjacent to an activating group) is 1. The van der Waals surface area contributed by atoms with Gasteiger partial charge < -0.3 is 0 Å². The Bertz CT molecular complexity index is 415. The molecule has 1 fully saturated rings. The number of nitrogens with two attached hydrogens (primary N) is 1. The molecule has 110 valence electrons. The smallest absolute Gasteiger partial charge is 0.242 e. The number of nitrogens with one attached hydrogen (secondary N) is 1. The van der Waals surface area contributed by atoms with Crippen LogP contribution in [0.4, 0.5) is 0 Å². The van der Waals surface area contributed by atoms with E-state index >= 15 is 0 Å². The van der Waals surface area contributed by atoms with Crippen LogP contribution in [0.5, 0.6) is 0 Å². The van der Waals surface area contributed by atoms with Gasteiger partial charge in [0.15, 0.2) is 0 Å². The van der Waals surface area contributed by atoms with E-state index in [0.29, 0.717) is 6.04 Å². The number of hydrogen-bond donors (Lipinski definition) is 2. The maximum Gasteiger partial charge on any atom is 0.242 e. The monoisotopic (exact) mass is 275 g/mol. The van der Waals surface area contributed by atoms with Crippen LogP contribution >= 0.6 is 0 Å². The van der Waals surface area contributed by atoms with Crippen LogP contribution in [0.15, 0.2) is 30.3 Å². The summed E-state index contributed by atoms with van der Waals surface area (Å²) in [5.41, 5.74) is 3.35. The molecule has 0 spiro atoms. The summed E-state index contributed by atoms with van der Waals surface area (Å²) in [5, 5.41) is 0. The normalized spacial score (nSPS) is 17.4. The summed E-state index contributed by atoms with van der Waals surface area (Å²) in [6.45, 7) is 3.89. The molecule has 0 saturated heterocycles. The highest BCUT2D eigenvalue weighted by Gasteiger charge is 2.27. The van der Waals surface area contributed by atoms with E-state index in [-0.39, 0.29) is 11.8 Å². The van der Waals surface area contributed by atoms with Gasteiger partial charge in [-0.2, -0.15) is 0 Å². The fourth-order valence-electron chi connectivity index (χ4n) is 3.17. The van der Waals surface area contributed by atoms with Crippen LogP contribution < -0.4 is 11.3 Å². The number of hydrogen-bond acceptors (Lipinski definition) is 3. The zero-order chi connectivity index (χ0) is 14.4. The Labute approximate surface area is 121 Å². The van der Waals surface area contributed by atoms with Crippen molar-refractivity contribution in [3.05, 3.63) is 35.9 Å². The van der Waals surface area contributed by atoms with Gasteiger partial charge in [0.05, 0.1) is 5.92 Å². The average Bonchev–Trinajstić information content (AvgIpc) is 3.03. The highest BCUT2D eigenvalue weighted by atomic mass is 16.2. The maximum absolute atomic E-state index is 12.1. The molecule has 1 aliphatic rings.